The molecule has 2 N–H and O–H groups in total. The van der Waals surface area contributed by atoms with E-state index in [4.69, 9.17) is 0 Å². The minimum absolute atomic E-state index is 0.407. The number of thioether (sulfide) groups is 1. The van der Waals surface area contributed by atoms with Crippen molar-refractivity contribution in [2.24, 2.45) is 0 Å². The summed E-state index contributed by atoms with van der Waals surface area (Å²) in [5.41, 5.74) is 1.00. The molecule has 0 fully saturated rings. The zero-order valence-corrected chi connectivity index (χ0v) is 12.8. The molecule has 0 amide bonds. The average molecular weight is 347 g/mol. The largest absolute Gasteiger partial charge is 0.370 e. The van der Waals surface area contributed by atoms with Crippen molar-refractivity contribution in [3.8, 4) is 0 Å². The van der Waals surface area contributed by atoms with E-state index in [1.807, 2.05) is 12.1 Å². The molecule has 0 aromatic carbocycles. The summed E-state index contributed by atoms with van der Waals surface area (Å²) in [6.45, 7) is 0.648. The number of pyridine rings is 1. The molecule has 0 aliphatic rings. The highest BCUT2D eigenvalue weighted by Gasteiger charge is 2.01. The maximum Gasteiger partial charge on any atom is 0.274 e. The van der Waals surface area contributed by atoms with Gasteiger partial charge in [0.25, 0.3) is 6.20 Å². The van der Waals surface area contributed by atoms with Crippen molar-refractivity contribution < 1.29 is 4.92 Å². The van der Waals surface area contributed by atoms with Gasteiger partial charge in [-0.05, 0) is 28.1 Å². The molecule has 0 unspecified atom stereocenters. The number of rotatable bonds is 8. The summed E-state index contributed by atoms with van der Waals surface area (Å²) in [7, 11) is 1.64. The van der Waals surface area contributed by atoms with Crippen LogP contribution in [-0.2, 0) is 5.75 Å². The van der Waals surface area contributed by atoms with Gasteiger partial charge in [0.15, 0.2) is 5.82 Å². The summed E-state index contributed by atoms with van der Waals surface area (Å²) in [5.74, 6) is 2.04. The molecule has 0 aliphatic heterocycles. The fraction of sp³-hybridized carbons (Fsp3) is 0.364. The normalized spacial score (nSPS) is 11.2. The summed E-state index contributed by atoms with van der Waals surface area (Å²) in [6, 6.07) is 3.83. The number of halogens is 1. The molecule has 0 spiro atoms. The fourth-order valence-electron chi connectivity index (χ4n) is 1.26. The Morgan fingerprint density at radius 1 is 1.68 bits per heavy atom. The number of aromatic nitrogens is 1. The maximum atomic E-state index is 10.3. The van der Waals surface area contributed by atoms with Crippen LogP contribution in [0.5, 0.6) is 0 Å². The lowest BCUT2D eigenvalue weighted by atomic mass is 10.4. The lowest BCUT2D eigenvalue weighted by Gasteiger charge is -2.07. The van der Waals surface area contributed by atoms with Crippen LogP contribution in [-0.4, -0.2) is 29.3 Å². The predicted octanol–water partition coefficient (Wildman–Crippen LogP) is 1.96. The molecule has 6 nitrogen and oxygen atoms in total. The van der Waals surface area contributed by atoms with E-state index in [0.717, 1.165) is 27.9 Å². The molecule has 0 radical (unpaired) electrons. The molecule has 1 aromatic heterocycles. The van der Waals surface area contributed by atoms with Crippen molar-refractivity contribution in [3.05, 3.63) is 50.6 Å². The van der Waals surface area contributed by atoms with Crippen LogP contribution < -0.4 is 10.6 Å². The number of nitrogens with one attached hydrogen (secondary N) is 2. The molecule has 104 valence electrons. The molecule has 19 heavy (non-hydrogen) atoms. The molecule has 0 atom stereocenters. The van der Waals surface area contributed by atoms with Crippen molar-refractivity contribution >= 4 is 27.7 Å². The first-order chi connectivity index (χ1) is 9.13. The number of hydrogen-bond acceptors (Lipinski definition) is 6. The van der Waals surface area contributed by atoms with E-state index in [2.05, 4.69) is 31.5 Å². The summed E-state index contributed by atoms with van der Waals surface area (Å²) in [5, 5.41) is 16.0. The van der Waals surface area contributed by atoms with E-state index in [-0.39, 0.29) is 0 Å². The van der Waals surface area contributed by atoms with Crippen molar-refractivity contribution in [1.82, 2.24) is 15.6 Å². The van der Waals surface area contributed by atoms with Gasteiger partial charge in [0.2, 0.25) is 0 Å². The Labute approximate surface area is 124 Å². The Morgan fingerprint density at radius 3 is 3.11 bits per heavy atom. The molecule has 0 saturated carbocycles. The molecule has 1 heterocycles. The van der Waals surface area contributed by atoms with Gasteiger partial charge in [-0.3, -0.25) is 15.1 Å². The summed E-state index contributed by atoms with van der Waals surface area (Å²) in [6.07, 6.45) is 2.68. The van der Waals surface area contributed by atoms with Crippen LogP contribution in [0.4, 0.5) is 0 Å². The molecular formula is C11H15BrN4O2S. The quantitative estimate of drug-likeness (QED) is 0.425. The van der Waals surface area contributed by atoms with E-state index < -0.39 is 4.92 Å². The number of nitrogens with zero attached hydrogens (tertiary/aromatic N) is 2. The van der Waals surface area contributed by atoms with Gasteiger partial charge in [-0.2, -0.15) is 11.8 Å². The lowest BCUT2D eigenvalue weighted by Crippen LogP contribution is -2.26. The molecule has 1 rings (SSSR count). The van der Waals surface area contributed by atoms with Gasteiger partial charge in [0.1, 0.15) is 0 Å². The summed E-state index contributed by atoms with van der Waals surface area (Å²) < 4.78 is 1.000. The van der Waals surface area contributed by atoms with Gasteiger partial charge < -0.3 is 10.6 Å². The van der Waals surface area contributed by atoms with Gasteiger partial charge >= 0.3 is 0 Å². The van der Waals surface area contributed by atoms with E-state index in [1.165, 1.54) is 0 Å². The Hall–Kier alpha value is -1.28. The third-order valence-electron chi connectivity index (χ3n) is 2.14. The number of nitro groups is 1. The Balaban J connectivity index is 2.25. The summed E-state index contributed by atoms with van der Waals surface area (Å²) in [4.78, 5) is 14.1. The minimum Gasteiger partial charge on any atom is -0.370 e. The van der Waals surface area contributed by atoms with Gasteiger partial charge in [-0.15, -0.1) is 0 Å². The van der Waals surface area contributed by atoms with E-state index in [0.29, 0.717) is 12.4 Å². The third kappa shape index (κ3) is 6.44. The van der Waals surface area contributed by atoms with E-state index in [1.54, 1.807) is 25.0 Å². The Kier molecular flexibility index (Phi) is 7.27. The topological polar surface area (TPSA) is 80.1 Å². The second-order valence-corrected chi connectivity index (χ2v) is 5.45. The van der Waals surface area contributed by atoms with E-state index >= 15 is 0 Å². The maximum absolute atomic E-state index is 10.3. The highest BCUT2D eigenvalue weighted by Crippen LogP contribution is 2.18. The fourth-order valence-corrected chi connectivity index (χ4v) is 2.65. The SMILES string of the molecule is CNC(=C[N+](=O)[O-])NCCSCc1ncccc1Br. The molecule has 0 saturated heterocycles. The monoisotopic (exact) mass is 346 g/mol. The third-order valence-corrected chi connectivity index (χ3v) is 3.83. The molecule has 0 aliphatic carbocycles. The average Bonchev–Trinajstić information content (AvgIpc) is 2.38. The highest BCUT2D eigenvalue weighted by atomic mass is 79.9. The smallest absolute Gasteiger partial charge is 0.274 e. The van der Waals surface area contributed by atoms with Crippen LogP contribution in [0.25, 0.3) is 0 Å². The first-order valence-corrected chi connectivity index (χ1v) is 7.52. The zero-order chi connectivity index (χ0) is 14.1. The molecule has 1 aromatic rings. The second kappa shape index (κ2) is 8.76. The lowest BCUT2D eigenvalue weighted by molar-refractivity contribution is -0.404. The first-order valence-electron chi connectivity index (χ1n) is 5.57. The van der Waals surface area contributed by atoms with Crippen LogP contribution >= 0.6 is 27.7 Å². The van der Waals surface area contributed by atoms with Gasteiger partial charge in [-0.1, -0.05) is 0 Å². The van der Waals surface area contributed by atoms with Crippen LogP contribution in [0, 0.1) is 10.1 Å². The highest BCUT2D eigenvalue weighted by molar-refractivity contribution is 9.10. The van der Waals surface area contributed by atoms with Gasteiger partial charge in [0.05, 0.1) is 10.6 Å². The van der Waals surface area contributed by atoms with Crippen molar-refractivity contribution in [3.63, 3.8) is 0 Å². The van der Waals surface area contributed by atoms with Crippen LogP contribution in [0.2, 0.25) is 0 Å². The first kappa shape index (κ1) is 15.8. The van der Waals surface area contributed by atoms with Crippen LogP contribution in [0.3, 0.4) is 0 Å². The summed E-state index contributed by atoms with van der Waals surface area (Å²) >= 11 is 5.15. The Morgan fingerprint density at radius 2 is 2.47 bits per heavy atom. The molecule has 0 bridgehead atoms. The van der Waals surface area contributed by atoms with Crippen molar-refractivity contribution in [2.75, 3.05) is 19.3 Å². The minimum atomic E-state index is -0.489. The van der Waals surface area contributed by atoms with Crippen molar-refractivity contribution in [2.45, 2.75) is 5.75 Å². The Bertz CT molecular complexity index is 456. The van der Waals surface area contributed by atoms with Crippen molar-refractivity contribution in [1.29, 1.82) is 0 Å². The second-order valence-electron chi connectivity index (χ2n) is 3.49. The van der Waals surface area contributed by atoms with Crippen LogP contribution in [0.1, 0.15) is 5.69 Å². The van der Waals surface area contributed by atoms with Crippen LogP contribution in [0.15, 0.2) is 34.8 Å². The predicted molar refractivity (Wildman–Crippen MR) is 80.2 cm³/mol. The molecular weight excluding hydrogens is 332 g/mol. The zero-order valence-electron chi connectivity index (χ0n) is 10.4. The number of hydrogen-bond donors (Lipinski definition) is 2. The standard InChI is InChI=1S/C11H15BrN4O2S/c1-13-11(7-16(17)18)15-5-6-19-8-10-9(12)3-2-4-14-10/h2-4,7,13,15H,5-6,8H2,1H3. The molecule has 8 heteroatoms. The van der Waals surface area contributed by atoms with E-state index in [9.17, 15) is 10.1 Å². The van der Waals surface area contributed by atoms with Gasteiger partial charge in [0, 0.05) is 35.8 Å². The van der Waals surface area contributed by atoms with Gasteiger partial charge in [-0.25, -0.2) is 0 Å².